The highest BCUT2D eigenvalue weighted by Crippen LogP contribution is 2.41. The van der Waals surface area contributed by atoms with Crippen LogP contribution in [0.5, 0.6) is 5.75 Å². The van der Waals surface area contributed by atoms with Gasteiger partial charge in [0.15, 0.2) is 0 Å². The minimum atomic E-state index is -0.334. The summed E-state index contributed by atoms with van der Waals surface area (Å²) in [4.78, 5) is 11.0. The molecule has 0 spiro atoms. The van der Waals surface area contributed by atoms with Crippen LogP contribution in [0, 0.1) is 0 Å². The Morgan fingerprint density at radius 3 is 2.89 bits per heavy atom. The number of nitrogens with one attached hydrogen (secondary N) is 1. The summed E-state index contributed by atoms with van der Waals surface area (Å²) in [6, 6.07) is 3.14. The van der Waals surface area contributed by atoms with E-state index in [0.29, 0.717) is 22.0 Å². The van der Waals surface area contributed by atoms with Gasteiger partial charge >= 0.3 is 0 Å². The maximum absolute atomic E-state index is 11.0. The first-order valence-corrected chi connectivity index (χ1v) is 6.93. The zero-order valence-corrected chi connectivity index (χ0v) is 11.8. The fourth-order valence-corrected chi connectivity index (χ4v) is 3.09. The molecular weight excluding hydrogens is 287 g/mol. The molecule has 1 aromatic rings. The number of carbonyl (C=O) groups excluding carboxylic acids is 1. The number of hydrogen-bond acceptors (Lipinski definition) is 3. The number of hydrogen-bond donors (Lipinski definition) is 3. The van der Waals surface area contributed by atoms with E-state index in [2.05, 4.69) is 5.32 Å². The number of aromatic hydroxyl groups is 1. The molecule has 1 aliphatic rings. The third-order valence-corrected chi connectivity index (χ3v) is 4.28. The van der Waals surface area contributed by atoms with Crippen molar-refractivity contribution in [2.45, 2.75) is 31.2 Å². The second-order valence-electron chi connectivity index (χ2n) is 4.84. The van der Waals surface area contributed by atoms with E-state index in [1.54, 1.807) is 12.1 Å². The van der Waals surface area contributed by atoms with Gasteiger partial charge < -0.3 is 16.2 Å². The van der Waals surface area contributed by atoms with Crippen molar-refractivity contribution < 1.29 is 9.90 Å². The summed E-state index contributed by atoms with van der Waals surface area (Å²) in [5.74, 6) is -0.101. The van der Waals surface area contributed by atoms with Crippen LogP contribution in [0.1, 0.15) is 30.7 Å². The topological polar surface area (TPSA) is 75.4 Å². The van der Waals surface area contributed by atoms with Crippen molar-refractivity contribution >= 4 is 29.1 Å². The zero-order chi connectivity index (χ0) is 14.0. The van der Waals surface area contributed by atoms with Crippen molar-refractivity contribution in [3.8, 4) is 5.75 Å². The van der Waals surface area contributed by atoms with Gasteiger partial charge in [-0.25, -0.2) is 0 Å². The molecule has 0 aromatic heterocycles. The van der Waals surface area contributed by atoms with Gasteiger partial charge in [-0.3, -0.25) is 4.79 Å². The van der Waals surface area contributed by atoms with Crippen molar-refractivity contribution in [3.05, 3.63) is 27.7 Å². The molecule has 2 rings (SSSR count). The lowest BCUT2D eigenvalue weighted by Gasteiger charge is -2.31. The second kappa shape index (κ2) is 5.99. The lowest BCUT2D eigenvalue weighted by Crippen LogP contribution is -2.40. The average Bonchev–Trinajstić information content (AvgIpc) is 2.34. The van der Waals surface area contributed by atoms with Crippen molar-refractivity contribution in [3.63, 3.8) is 0 Å². The van der Waals surface area contributed by atoms with Crippen LogP contribution in [0.4, 0.5) is 0 Å². The summed E-state index contributed by atoms with van der Waals surface area (Å²) >= 11 is 12.2. The molecule has 2 unspecified atom stereocenters. The molecule has 19 heavy (non-hydrogen) atoms. The first kappa shape index (κ1) is 14.4. The summed E-state index contributed by atoms with van der Waals surface area (Å²) in [5.41, 5.74) is 5.89. The van der Waals surface area contributed by atoms with Crippen LogP contribution >= 0.6 is 23.2 Å². The first-order chi connectivity index (χ1) is 8.99. The lowest BCUT2D eigenvalue weighted by molar-refractivity contribution is -0.118. The Hall–Kier alpha value is -0.970. The molecule has 0 saturated carbocycles. The third-order valence-electron chi connectivity index (χ3n) is 3.46. The Bertz CT molecular complexity index is 494. The molecule has 0 bridgehead atoms. The average molecular weight is 303 g/mol. The highest BCUT2D eigenvalue weighted by Gasteiger charge is 2.28. The largest absolute Gasteiger partial charge is 0.508 e. The summed E-state index contributed by atoms with van der Waals surface area (Å²) in [5, 5.41) is 14.1. The number of piperidine rings is 1. The predicted octanol–water partition coefficient (Wildman–Crippen LogP) is 2.41. The predicted molar refractivity (Wildman–Crippen MR) is 75.7 cm³/mol. The molecule has 1 amide bonds. The SMILES string of the molecule is NC(=O)CC1CC(c2c(O)ccc(Cl)c2Cl)CCN1. The van der Waals surface area contributed by atoms with Gasteiger partial charge in [-0.15, -0.1) is 0 Å². The third kappa shape index (κ3) is 3.32. The highest BCUT2D eigenvalue weighted by molar-refractivity contribution is 6.42. The molecule has 104 valence electrons. The smallest absolute Gasteiger partial charge is 0.218 e. The number of phenols is 1. The summed E-state index contributed by atoms with van der Waals surface area (Å²) in [7, 11) is 0. The quantitative estimate of drug-likeness (QED) is 0.802. The van der Waals surface area contributed by atoms with E-state index in [-0.39, 0.29) is 30.0 Å². The van der Waals surface area contributed by atoms with E-state index in [9.17, 15) is 9.90 Å². The number of benzene rings is 1. The number of nitrogens with two attached hydrogens (primary N) is 1. The molecule has 0 aliphatic carbocycles. The Kier molecular flexibility index (Phi) is 4.55. The van der Waals surface area contributed by atoms with E-state index in [4.69, 9.17) is 28.9 Å². The van der Waals surface area contributed by atoms with E-state index < -0.39 is 0 Å². The van der Waals surface area contributed by atoms with Gasteiger partial charge in [-0.2, -0.15) is 0 Å². The van der Waals surface area contributed by atoms with Crippen molar-refractivity contribution in [2.75, 3.05) is 6.54 Å². The van der Waals surface area contributed by atoms with Crippen LogP contribution in [0.25, 0.3) is 0 Å². The number of carbonyl (C=O) groups is 1. The molecule has 4 N–H and O–H groups in total. The van der Waals surface area contributed by atoms with Crippen molar-refractivity contribution in [2.24, 2.45) is 5.73 Å². The Morgan fingerprint density at radius 1 is 1.47 bits per heavy atom. The molecule has 2 atom stereocenters. The molecule has 1 heterocycles. The molecule has 1 aromatic carbocycles. The monoisotopic (exact) mass is 302 g/mol. The van der Waals surface area contributed by atoms with Crippen LogP contribution in [0.3, 0.4) is 0 Å². The summed E-state index contributed by atoms with van der Waals surface area (Å²) < 4.78 is 0. The van der Waals surface area contributed by atoms with Gasteiger partial charge in [0.05, 0.1) is 10.0 Å². The van der Waals surface area contributed by atoms with Gasteiger partial charge in [-0.1, -0.05) is 23.2 Å². The van der Waals surface area contributed by atoms with E-state index >= 15 is 0 Å². The Morgan fingerprint density at radius 2 is 2.21 bits per heavy atom. The van der Waals surface area contributed by atoms with Crippen LogP contribution in [0.2, 0.25) is 10.0 Å². The maximum atomic E-state index is 11.0. The first-order valence-electron chi connectivity index (χ1n) is 6.17. The number of halogens is 2. The zero-order valence-electron chi connectivity index (χ0n) is 10.3. The Labute approximate surface area is 121 Å². The molecule has 1 fully saturated rings. The van der Waals surface area contributed by atoms with E-state index in [0.717, 1.165) is 13.0 Å². The molecular formula is C13H16Cl2N2O2. The number of rotatable bonds is 3. The number of phenolic OH excluding ortho intramolecular Hbond substituents is 1. The fraction of sp³-hybridized carbons (Fsp3) is 0.462. The van der Waals surface area contributed by atoms with Gasteiger partial charge in [0.25, 0.3) is 0 Å². The lowest BCUT2D eigenvalue weighted by atomic mass is 9.85. The number of primary amides is 1. The van der Waals surface area contributed by atoms with Gasteiger partial charge in [0.1, 0.15) is 5.75 Å². The van der Waals surface area contributed by atoms with E-state index in [1.807, 2.05) is 0 Å². The van der Waals surface area contributed by atoms with Crippen LogP contribution in [0.15, 0.2) is 12.1 Å². The molecule has 1 aliphatic heterocycles. The van der Waals surface area contributed by atoms with Crippen LogP contribution in [-0.4, -0.2) is 23.6 Å². The maximum Gasteiger partial charge on any atom is 0.218 e. The minimum Gasteiger partial charge on any atom is -0.508 e. The minimum absolute atomic E-state index is 0.0192. The van der Waals surface area contributed by atoms with Crippen molar-refractivity contribution in [1.82, 2.24) is 5.32 Å². The van der Waals surface area contributed by atoms with Crippen LogP contribution in [-0.2, 0) is 4.79 Å². The standard InChI is InChI=1S/C13H16Cl2N2O2/c14-9-1-2-10(18)12(13(9)15)7-3-4-17-8(5-7)6-11(16)19/h1-2,7-8,17-18H,3-6H2,(H2,16,19). The Balaban J connectivity index is 2.22. The van der Waals surface area contributed by atoms with Crippen molar-refractivity contribution in [1.29, 1.82) is 0 Å². The molecule has 1 saturated heterocycles. The summed E-state index contributed by atoms with van der Waals surface area (Å²) in [6.07, 6.45) is 1.83. The molecule has 4 nitrogen and oxygen atoms in total. The number of amides is 1. The normalized spacial score (nSPS) is 23.3. The molecule has 0 radical (unpaired) electrons. The van der Waals surface area contributed by atoms with Gasteiger partial charge in [0.2, 0.25) is 5.91 Å². The van der Waals surface area contributed by atoms with Crippen LogP contribution < -0.4 is 11.1 Å². The second-order valence-corrected chi connectivity index (χ2v) is 5.62. The highest BCUT2D eigenvalue weighted by atomic mass is 35.5. The van der Waals surface area contributed by atoms with Gasteiger partial charge in [-0.05, 0) is 37.4 Å². The van der Waals surface area contributed by atoms with E-state index in [1.165, 1.54) is 0 Å². The molecule has 6 heteroatoms. The summed E-state index contributed by atoms with van der Waals surface area (Å²) in [6.45, 7) is 0.755. The van der Waals surface area contributed by atoms with Gasteiger partial charge in [0, 0.05) is 18.0 Å². The fourth-order valence-electron chi connectivity index (χ4n) is 2.61.